The van der Waals surface area contributed by atoms with E-state index in [4.69, 9.17) is 9.52 Å². The SMILES string of the molecule is CC1CCC(NS(=O)(=O)c2ccc(C(=O)O)o2)C1. The van der Waals surface area contributed by atoms with Gasteiger partial charge in [-0.2, -0.15) is 0 Å². The number of nitrogens with one attached hydrogen (secondary N) is 1. The molecule has 6 nitrogen and oxygen atoms in total. The van der Waals surface area contributed by atoms with Crippen LogP contribution in [0.3, 0.4) is 0 Å². The second kappa shape index (κ2) is 4.74. The van der Waals surface area contributed by atoms with Crippen LogP contribution in [0.4, 0.5) is 0 Å². The van der Waals surface area contributed by atoms with Crippen molar-refractivity contribution in [3.63, 3.8) is 0 Å². The maximum atomic E-state index is 11.9. The van der Waals surface area contributed by atoms with Crippen molar-refractivity contribution in [3.05, 3.63) is 17.9 Å². The van der Waals surface area contributed by atoms with Crippen LogP contribution >= 0.6 is 0 Å². The highest BCUT2D eigenvalue weighted by Crippen LogP contribution is 2.26. The van der Waals surface area contributed by atoms with E-state index in [1.165, 1.54) is 0 Å². The van der Waals surface area contributed by atoms with Crippen molar-refractivity contribution in [2.75, 3.05) is 0 Å². The molecule has 7 heteroatoms. The summed E-state index contributed by atoms with van der Waals surface area (Å²) in [5, 5.41) is 8.33. The van der Waals surface area contributed by atoms with Crippen LogP contribution < -0.4 is 4.72 Å². The molecule has 0 aromatic carbocycles. The van der Waals surface area contributed by atoms with Gasteiger partial charge in [0.05, 0.1) is 0 Å². The van der Waals surface area contributed by atoms with Crippen LogP contribution in [0, 0.1) is 5.92 Å². The standard InChI is InChI=1S/C11H15NO5S/c1-7-2-3-8(6-7)12-18(15,16)10-5-4-9(17-10)11(13)14/h4-5,7-8,12H,2-3,6H2,1H3,(H,13,14). The van der Waals surface area contributed by atoms with Gasteiger partial charge in [-0.1, -0.05) is 6.92 Å². The Morgan fingerprint density at radius 3 is 2.67 bits per heavy atom. The number of aromatic carboxylic acids is 1. The first kappa shape index (κ1) is 13.1. The van der Waals surface area contributed by atoms with Gasteiger partial charge in [-0.15, -0.1) is 0 Å². The summed E-state index contributed by atoms with van der Waals surface area (Å²) in [6, 6.07) is 2.20. The molecule has 2 unspecified atom stereocenters. The summed E-state index contributed by atoms with van der Waals surface area (Å²) >= 11 is 0. The smallest absolute Gasteiger partial charge is 0.371 e. The molecule has 1 aromatic heterocycles. The molecule has 0 spiro atoms. The number of furan rings is 1. The highest BCUT2D eigenvalue weighted by molar-refractivity contribution is 7.89. The van der Waals surface area contributed by atoms with E-state index in [2.05, 4.69) is 11.6 Å². The third kappa shape index (κ3) is 2.73. The van der Waals surface area contributed by atoms with Crippen LogP contribution in [-0.2, 0) is 10.0 Å². The minimum Gasteiger partial charge on any atom is -0.475 e. The van der Waals surface area contributed by atoms with E-state index in [1.54, 1.807) is 0 Å². The second-order valence-corrected chi connectivity index (χ2v) is 6.31. The Morgan fingerprint density at radius 1 is 1.44 bits per heavy atom. The molecule has 1 heterocycles. The maximum absolute atomic E-state index is 11.9. The molecule has 1 fully saturated rings. The molecule has 0 aliphatic heterocycles. The van der Waals surface area contributed by atoms with E-state index in [0.29, 0.717) is 5.92 Å². The molecule has 0 amide bonds. The number of hydrogen-bond acceptors (Lipinski definition) is 4. The molecular weight excluding hydrogens is 258 g/mol. The summed E-state index contributed by atoms with van der Waals surface area (Å²) in [6.45, 7) is 2.07. The fraction of sp³-hybridized carbons (Fsp3) is 0.545. The molecule has 100 valence electrons. The van der Waals surface area contributed by atoms with E-state index in [1.807, 2.05) is 0 Å². The molecule has 1 aliphatic rings. The first-order chi connectivity index (χ1) is 8.38. The first-order valence-electron chi connectivity index (χ1n) is 5.74. The van der Waals surface area contributed by atoms with Gasteiger partial charge < -0.3 is 9.52 Å². The quantitative estimate of drug-likeness (QED) is 0.865. The lowest BCUT2D eigenvalue weighted by Crippen LogP contribution is -2.32. The minimum absolute atomic E-state index is 0.0941. The average molecular weight is 273 g/mol. The van der Waals surface area contributed by atoms with Crippen molar-refractivity contribution < 1.29 is 22.7 Å². The van der Waals surface area contributed by atoms with Gasteiger partial charge in [-0.25, -0.2) is 17.9 Å². The highest BCUT2D eigenvalue weighted by atomic mass is 32.2. The third-order valence-corrected chi connectivity index (χ3v) is 4.47. The number of carboxylic acids is 1. The van der Waals surface area contributed by atoms with Crippen molar-refractivity contribution in [2.24, 2.45) is 5.92 Å². The summed E-state index contributed by atoms with van der Waals surface area (Å²) in [5.41, 5.74) is 0. The Labute approximate surface area is 105 Å². The van der Waals surface area contributed by atoms with E-state index < -0.39 is 16.0 Å². The summed E-state index contributed by atoms with van der Waals surface area (Å²) in [5.74, 6) is -1.16. The molecule has 1 aliphatic carbocycles. The lowest BCUT2D eigenvalue weighted by Gasteiger charge is -2.10. The van der Waals surface area contributed by atoms with Crippen molar-refractivity contribution >= 4 is 16.0 Å². The molecule has 0 radical (unpaired) electrons. The molecule has 2 atom stereocenters. The number of sulfonamides is 1. The van der Waals surface area contributed by atoms with Gasteiger partial charge >= 0.3 is 5.97 Å². The predicted molar refractivity (Wildman–Crippen MR) is 62.8 cm³/mol. The van der Waals surface area contributed by atoms with Gasteiger partial charge in [-0.05, 0) is 37.3 Å². The van der Waals surface area contributed by atoms with Crippen molar-refractivity contribution in [3.8, 4) is 0 Å². The van der Waals surface area contributed by atoms with Crippen LogP contribution in [0.25, 0.3) is 0 Å². The number of hydrogen-bond donors (Lipinski definition) is 2. The molecule has 0 bridgehead atoms. The predicted octanol–water partition coefficient (Wildman–Crippen LogP) is 1.44. The van der Waals surface area contributed by atoms with Gasteiger partial charge in [-0.3, -0.25) is 0 Å². The van der Waals surface area contributed by atoms with Gasteiger partial charge in [0.15, 0.2) is 0 Å². The van der Waals surface area contributed by atoms with Gasteiger partial charge in [0.2, 0.25) is 10.9 Å². The monoisotopic (exact) mass is 273 g/mol. The third-order valence-electron chi connectivity index (χ3n) is 3.07. The average Bonchev–Trinajstić information content (AvgIpc) is 2.86. The molecule has 1 saturated carbocycles. The van der Waals surface area contributed by atoms with Crippen molar-refractivity contribution in [2.45, 2.75) is 37.3 Å². The van der Waals surface area contributed by atoms with Gasteiger partial charge in [0.25, 0.3) is 10.0 Å². The molecule has 2 rings (SSSR count). The molecule has 18 heavy (non-hydrogen) atoms. The lowest BCUT2D eigenvalue weighted by molar-refractivity contribution is 0.0656. The van der Waals surface area contributed by atoms with Gasteiger partial charge in [0.1, 0.15) is 0 Å². The fourth-order valence-electron chi connectivity index (χ4n) is 2.17. The van der Waals surface area contributed by atoms with Crippen LogP contribution in [0.1, 0.15) is 36.7 Å². The topological polar surface area (TPSA) is 96.6 Å². The van der Waals surface area contributed by atoms with Crippen LogP contribution in [0.2, 0.25) is 0 Å². The Kier molecular flexibility index (Phi) is 3.45. The second-order valence-electron chi connectivity index (χ2n) is 4.66. The zero-order valence-electron chi connectivity index (χ0n) is 9.92. The van der Waals surface area contributed by atoms with Crippen molar-refractivity contribution in [1.29, 1.82) is 0 Å². The van der Waals surface area contributed by atoms with Crippen LogP contribution in [-0.4, -0.2) is 25.5 Å². The van der Waals surface area contributed by atoms with E-state index >= 15 is 0 Å². The van der Waals surface area contributed by atoms with Gasteiger partial charge in [0, 0.05) is 6.04 Å². The number of rotatable bonds is 4. The van der Waals surface area contributed by atoms with Crippen LogP contribution in [0.5, 0.6) is 0 Å². The fourth-order valence-corrected chi connectivity index (χ4v) is 3.39. The largest absolute Gasteiger partial charge is 0.475 e. The lowest BCUT2D eigenvalue weighted by atomic mass is 10.1. The first-order valence-corrected chi connectivity index (χ1v) is 7.22. The van der Waals surface area contributed by atoms with E-state index in [9.17, 15) is 13.2 Å². The van der Waals surface area contributed by atoms with Crippen LogP contribution in [0.15, 0.2) is 21.6 Å². The van der Waals surface area contributed by atoms with E-state index in [-0.39, 0.29) is 16.9 Å². The zero-order valence-corrected chi connectivity index (χ0v) is 10.7. The minimum atomic E-state index is -3.76. The Hall–Kier alpha value is -1.34. The zero-order chi connectivity index (χ0) is 13.3. The summed E-state index contributed by atoms with van der Waals surface area (Å²) in [6.07, 6.45) is 2.59. The Bertz CT molecular complexity index is 548. The summed E-state index contributed by atoms with van der Waals surface area (Å²) < 4.78 is 31.2. The Morgan fingerprint density at radius 2 is 2.17 bits per heavy atom. The van der Waals surface area contributed by atoms with Crippen molar-refractivity contribution in [1.82, 2.24) is 4.72 Å². The van der Waals surface area contributed by atoms with E-state index in [0.717, 1.165) is 31.4 Å². The molecular formula is C11H15NO5S. The Balaban J connectivity index is 2.12. The number of carboxylic acid groups (broad SMARTS) is 1. The highest BCUT2D eigenvalue weighted by Gasteiger charge is 2.28. The maximum Gasteiger partial charge on any atom is 0.371 e. The summed E-state index contributed by atoms with van der Waals surface area (Å²) in [4.78, 5) is 10.6. The normalized spacial score (nSPS) is 24.3. The number of carbonyl (C=O) groups is 1. The molecule has 2 N–H and O–H groups in total. The summed E-state index contributed by atoms with van der Waals surface area (Å²) in [7, 11) is -3.76. The molecule has 1 aromatic rings. The molecule has 0 saturated heterocycles.